The molecule has 0 atom stereocenters. The van der Waals surface area contributed by atoms with E-state index < -0.39 is 0 Å². The summed E-state index contributed by atoms with van der Waals surface area (Å²) >= 11 is 0. The predicted molar refractivity (Wildman–Crippen MR) is 65.3 cm³/mol. The average Bonchev–Trinajstić information content (AvgIpc) is 2.29. The Balaban J connectivity index is 2.86. The van der Waals surface area contributed by atoms with Gasteiger partial charge in [0.25, 0.3) is 0 Å². The van der Waals surface area contributed by atoms with Gasteiger partial charge in [-0.05, 0) is 26.0 Å². The molecule has 0 aliphatic carbocycles. The van der Waals surface area contributed by atoms with Crippen molar-refractivity contribution in [3.05, 3.63) is 17.8 Å². The lowest BCUT2D eigenvalue weighted by Crippen LogP contribution is -2.36. The summed E-state index contributed by atoms with van der Waals surface area (Å²) in [4.78, 5) is 17.5. The normalized spacial score (nSPS) is 9.94. The van der Waals surface area contributed by atoms with E-state index in [9.17, 15) is 4.79 Å². The van der Waals surface area contributed by atoms with Gasteiger partial charge in [0, 0.05) is 13.6 Å². The number of nitrogens with one attached hydrogen (secondary N) is 1. The van der Waals surface area contributed by atoms with Gasteiger partial charge in [-0.2, -0.15) is 0 Å². The molecule has 0 saturated heterocycles. The second kappa shape index (κ2) is 5.34. The van der Waals surface area contributed by atoms with Crippen LogP contribution in [0.15, 0.2) is 12.1 Å². The van der Waals surface area contributed by atoms with E-state index in [1.165, 1.54) is 0 Å². The van der Waals surface area contributed by atoms with Crippen LogP contribution in [0.1, 0.15) is 12.6 Å². The Morgan fingerprint density at radius 1 is 1.56 bits per heavy atom. The molecule has 1 rings (SSSR count). The number of amides is 1. The quantitative estimate of drug-likeness (QED) is 0.780. The van der Waals surface area contributed by atoms with Crippen LogP contribution in [0, 0.1) is 6.92 Å². The smallest absolute Gasteiger partial charge is 0.239 e. The largest absolute Gasteiger partial charge is 0.397 e. The second-order valence-corrected chi connectivity index (χ2v) is 3.53. The van der Waals surface area contributed by atoms with Crippen molar-refractivity contribution in [3.63, 3.8) is 0 Å². The fourth-order valence-corrected chi connectivity index (χ4v) is 1.34. The molecule has 1 aromatic heterocycles. The van der Waals surface area contributed by atoms with Crippen LogP contribution in [0.4, 0.5) is 11.5 Å². The molecule has 88 valence electrons. The highest BCUT2D eigenvalue weighted by molar-refractivity contribution is 5.80. The number of hydrogen-bond acceptors (Lipinski definition) is 4. The number of likely N-dealkylation sites (N-methyl/N-ethyl adjacent to an activating group) is 2. The maximum absolute atomic E-state index is 11.3. The van der Waals surface area contributed by atoms with Gasteiger partial charge in [-0.25, -0.2) is 4.98 Å². The number of pyridine rings is 1. The molecular formula is C11H18N4O. The lowest BCUT2D eigenvalue weighted by atomic mass is 10.3. The molecule has 0 aliphatic rings. The topological polar surface area (TPSA) is 71.2 Å². The van der Waals surface area contributed by atoms with Crippen LogP contribution in [0.25, 0.3) is 0 Å². The Morgan fingerprint density at radius 3 is 2.75 bits per heavy atom. The first-order chi connectivity index (χ1) is 7.58. The molecule has 1 amide bonds. The Bertz CT molecular complexity index is 378. The summed E-state index contributed by atoms with van der Waals surface area (Å²) in [6, 6.07) is 3.64. The molecule has 0 unspecified atom stereocenters. The second-order valence-electron chi connectivity index (χ2n) is 3.53. The van der Waals surface area contributed by atoms with Gasteiger partial charge in [-0.15, -0.1) is 0 Å². The number of rotatable bonds is 4. The third-order valence-electron chi connectivity index (χ3n) is 2.43. The Labute approximate surface area is 95.7 Å². The van der Waals surface area contributed by atoms with Gasteiger partial charge in [0.05, 0.1) is 17.9 Å². The average molecular weight is 222 g/mol. The number of carbonyl (C=O) groups excluding carboxylic acids is 1. The number of carbonyl (C=O) groups is 1. The molecule has 0 bridgehead atoms. The molecule has 0 saturated carbocycles. The van der Waals surface area contributed by atoms with Gasteiger partial charge in [-0.3, -0.25) is 4.79 Å². The van der Waals surface area contributed by atoms with Crippen LogP contribution in [0.5, 0.6) is 0 Å². The molecule has 3 N–H and O–H groups in total. The Hall–Kier alpha value is -1.78. The van der Waals surface area contributed by atoms with E-state index in [0.29, 0.717) is 12.2 Å². The van der Waals surface area contributed by atoms with Gasteiger partial charge in [0.1, 0.15) is 5.82 Å². The maximum Gasteiger partial charge on any atom is 0.239 e. The molecule has 1 aromatic rings. The van der Waals surface area contributed by atoms with Gasteiger partial charge in [0.2, 0.25) is 5.91 Å². The standard InChI is InChI=1S/C11H18N4O/c1-4-15(7-11(16)13-3)10-6-5-9(12)8(2)14-10/h5-6H,4,7,12H2,1-3H3,(H,13,16). The van der Waals surface area contributed by atoms with Crippen LogP contribution in [0.2, 0.25) is 0 Å². The summed E-state index contributed by atoms with van der Waals surface area (Å²) in [6.07, 6.45) is 0. The van der Waals surface area contributed by atoms with E-state index in [1.807, 2.05) is 30.9 Å². The Kier molecular flexibility index (Phi) is 4.10. The zero-order valence-electron chi connectivity index (χ0n) is 9.95. The molecule has 0 radical (unpaired) electrons. The summed E-state index contributed by atoms with van der Waals surface area (Å²) in [7, 11) is 1.62. The predicted octanol–water partition coefficient (Wildman–Crippen LogP) is 0.545. The highest BCUT2D eigenvalue weighted by atomic mass is 16.1. The zero-order chi connectivity index (χ0) is 12.1. The number of nitrogens with zero attached hydrogens (tertiary/aromatic N) is 2. The van der Waals surface area contributed by atoms with E-state index in [1.54, 1.807) is 7.05 Å². The number of hydrogen-bond donors (Lipinski definition) is 2. The first kappa shape index (κ1) is 12.3. The summed E-state index contributed by atoms with van der Waals surface area (Å²) in [5.41, 5.74) is 7.15. The third kappa shape index (κ3) is 2.85. The molecule has 1 heterocycles. The monoisotopic (exact) mass is 222 g/mol. The minimum Gasteiger partial charge on any atom is -0.397 e. The van der Waals surface area contributed by atoms with Gasteiger partial charge < -0.3 is 16.0 Å². The first-order valence-corrected chi connectivity index (χ1v) is 5.27. The van der Waals surface area contributed by atoms with Crippen molar-refractivity contribution in [3.8, 4) is 0 Å². The molecule has 16 heavy (non-hydrogen) atoms. The number of aromatic nitrogens is 1. The molecule has 0 fully saturated rings. The van der Waals surface area contributed by atoms with Crippen molar-refractivity contribution >= 4 is 17.4 Å². The van der Waals surface area contributed by atoms with Gasteiger partial charge >= 0.3 is 0 Å². The number of nitrogen functional groups attached to an aromatic ring is 1. The third-order valence-corrected chi connectivity index (χ3v) is 2.43. The highest BCUT2D eigenvalue weighted by Crippen LogP contribution is 2.15. The van der Waals surface area contributed by atoms with Crippen molar-refractivity contribution in [2.24, 2.45) is 0 Å². The summed E-state index contributed by atoms with van der Waals surface area (Å²) in [5.74, 6) is 0.746. The molecule has 0 aromatic carbocycles. The highest BCUT2D eigenvalue weighted by Gasteiger charge is 2.10. The molecule has 5 nitrogen and oxygen atoms in total. The van der Waals surface area contributed by atoms with E-state index in [-0.39, 0.29) is 5.91 Å². The van der Waals surface area contributed by atoms with Crippen LogP contribution >= 0.6 is 0 Å². The summed E-state index contributed by atoms with van der Waals surface area (Å²) in [6.45, 7) is 4.87. The van der Waals surface area contributed by atoms with Crippen molar-refractivity contribution in [2.75, 3.05) is 30.8 Å². The number of aryl methyl sites for hydroxylation is 1. The minimum absolute atomic E-state index is 0.0295. The van der Waals surface area contributed by atoms with E-state index in [2.05, 4.69) is 10.3 Å². The van der Waals surface area contributed by atoms with Crippen molar-refractivity contribution in [2.45, 2.75) is 13.8 Å². The van der Waals surface area contributed by atoms with E-state index >= 15 is 0 Å². The van der Waals surface area contributed by atoms with E-state index in [0.717, 1.165) is 18.1 Å². The SMILES string of the molecule is CCN(CC(=O)NC)c1ccc(N)c(C)n1. The van der Waals surface area contributed by atoms with Crippen molar-refractivity contribution in [1.82, 2.24) is 10.3 Å². The van der Waals surface area contributed by atoms with E-state index in [4.69, 9.17) is 5.73 Å². The summed E-state index contributed by atoms with van der Waals surface area (Å²) < 4.78 is 0. The van der Waals surface area contributed by atoms with Crippen molar-refractivity contribution in [1.29, 1.82) is 0 Å². The molecule has 0 spiro atoms. The molecule has 0 aliphatic heterocycles. The molecular weight excluding hydrogens is 204 g/mol. The summed E-state index contributed by atoms with van der Waals surface area (Å²) in [5, 5.41) is 2.59. The van der Waals surface area contributed by atoms with Crippen LogP contribution < -0.4 is 16.0 Å². The maximum atomic E-state index is 11.3. The minimum atomic E-state index is -0.0295. The zero-order valence-corrected chi connectivity index (χ0v) is 9.95. The van der Waals surface area contributed by atoms with Crippen LogP contribution in [-0.4, -0.2) is 31.0 Å². The molecule has 5 heteroatoms. The number of anilines is 2. The lowest BCUT2D eigenvalue weighted by Gasteiger charge is -2.21. The van der Waals surface area contributed by atoms with Crippen molar-refractivity contribution < 1.29 is 4.79 Å². The Morgan fingerprint density at radius 2 is 2.25 bits per heavy atom. The fourth-order valence-electron chi connectivity index (χ4n) is 1.34. The van der Waals surface area contributed by atoms with Crippen LogP contribution in [-0.2, 0) is 4.79 Å². The fraction of sp³-hybridized carbons (Fsp3) is 0.455. The van der Waals surface area contributed by atoms with Crippen LogP contribution in [0.3, 0.4) is 0 Å². The first-order valence-electron chi connectivity index (χ1n) is 5.27. The van der Waals surface area contributed by atoms with Gasteiger partial charge in [-0.1, -0.05) is 0 Å². The van der Waals surface area contributed by atoms with Gasteiger partial charge in [0.15, 0.2) is 0 Å². The number of nitrogens with two attached hydrogens (primary N) is 1. The lowest BCUT2D eigenvalue weighted by molar-refractivity contribution is -0.119.